The van der Waals surface area contributed by atoms with Gasteiger partial charge in [-0.25, -0.2) is 0 Å². The van der Waals surface area contributed by atoms with Gasteiger partial charge in [0.1, 0.15) is 0 Å². The van der Waals surface area contributed by atoms with Crippen molar-refractivity contribution in [2.75, 3.05) is 0 Å². The minimum Gasteiger partial charge on any atom is -0.310 e. The van der Waals surface area contributed by atoms with Crippen LogP contribution in [0.3, 0.4) is 0 Å². The third kappa shape index (κ3) is 3.63. The minimum atomic E-state index is -0.453. The zero-order valence-electron chi connectivity index (χ0n) is 28.8. The number of hydrogen-bond donors (Lipinski definition) is 0. The SMILES string of the molecule is C=C/C=C\c1c(C)c2ccccc2n1-c1ccc2c(c1)-c1ccccc1C21c2ccccc2-c2ccc(-n3c4ccccc4c4ccccc43)cc21. The molecule has 2 heterocycles. The predicted octanol–water partition coefficient (Wildman–Crippen LogP) is 12.6. The van der Waals surface area contributed by atoms with Gasteiger partial charge in [0, 0.05) is 33.2 Å². The average molecular weight is 663 g/mol. The highest BCUT2D eigenvalue weighted by Crippen LogP contribution is 2.63. The highest BCUT2D eigenvalue weighted by atomic mass is 15.0. The smallest absolute Gasteiger partial charge is 0.0726 e. The van der Waals surface area contributed by atoms with Gasteiger partial charge in [-0.3, -0.25) is 0 Å². The number of hydrogen-bond acceptors (Lipinski definition) is 0. The van der Waals surface area contributed by atoms with Crippen molar-refractivity contribution >= 4 is 38.8 Å². The number of aromatic nitrogens is 2. The van der Waals surface area contributed by atoms with Crippen molar-refractivity contribution in [3.8, 4) is 33.6 Å². The third-order valence-corrected chi connectivity index (χ3v) is 11.7. The van der Waals surface area contributed by atoms with Crippen molar-refractivity contribution in [1.29, 1.82) is 0 Å². The molecule has 9 aromatic rings. The summed E-state index contributed by atoms with van der Waals surface area (Å²) in [4.78, 5) is 0. The van der Waals surface area contributed by atoms with E-state index in [4.69, 9.17) is 0 Å². The fraction of sp³-hybridized carbons (Fsp3) is 0.0400. The fourth-order valence-electron chi connectivity index (χ4n) is 9.66. The van der Waals surface area contributed by atoms with E-state index in [1.54, 1.807) is 0 Å². The summed E-state index contributed by atoms with van der Waals surface area (Å²) in [6, 6.07) is 58.8. The zero-order chi connectivity index (χ0) is 34.6. The number of fused-ring (bicyclic) bond motifs is 14. The summed E-state index contributed by atoms with van der Waals surface area (Å²) in [6.45, 7) is 6.19. The molecule has 52 heavy (non-hydrogen) atoms. The first-order valence-corrected chi connectivity index (χ1v) is 18.1. The maximum Gasteiger partial charge on any atom is 0.0726 e. The Balaban J connectivity index is 1.21. The Labute approximate surface area is 302 Å². The van der Waals surface area contributed by atoms with E-state index < -0.39 is 5.41 Å². The van der Waals surface area contributed by atoms with E-state index in [0.717, 1.165) is 5.69 Å². The molecule has 2 aromatic heterocycles. The summed E-state index contributed by atoms with van der Waals surface area (Å²) in [5, 5.41) is 3.81. The van der Waals surface area contributed by atoms with Gasteiger partial charge in [0.2, 0.25) is 0 Å². The van der Waals surface area contributed by atoms with Gasteiger partial charge in [-0.2, -0.15) is 0 Å². The Kier molecular flexibility index (Phi) is 5.98. The number of rotatable bonds is 4. The van der Waals surface area contributed by atoms with Crippen molar-refractivity contribution in [2.24, 2.45) is 0 Å². The van der Waals surface area contributed by atoms with Gasteiger partial charge in [0.25, 0.3) is 0 Å². The monoisotopic (exact) mass is 662 g/mol. The van der Waals surface area contributed by atoms with Crippen LogP contribution in [0.25, 0.3) is 72.4 Å². The van der Waals surface area contributed by atoms with Crippen molar-refractivity contribution in [1.82, 2.24) is 9.13 Å². The van der Waals surface area contributed by atoms with E-state index in [2.05, 4.69) is 186 Å². The molecule has 0 bridgehead atoms. The lowest BCUT2D eigenvalue weighted by molar-refractivity contribution is 0.792. The number of para-hydroxylation sites is 3. The van der Waals surface area contributed by atoms with Crippen LogP contribution in [0, 0.1) is 6.92 Å². The van der Waals surface area contributed by atoms with Gasteiger partial charge in [0.15, 0.2) is 0 Å². The normalized spacial score (nSPS) is 15.5. The van der Waals surface area contributed by atoms with E-state index in [0.29, 0.717) is 0 Å². The van der Waals surface area contributed by atoms with Gasteiger partial charge in [-0.15, -0.1) is 0 Å². The molecule has 0 fully saturated rings. The summed E-state index contributed by atoms with van der Waals surface area (Å²) in [6.07, 6.45) is 6.08. The molecule has 2 aliphatic rings. The Bertz CT molecular complexity index is 2950. The molecule has 2 heteroatoms. The second kappa shape index (κ2) is 10.7. The first-order valence-electron chi connectivity index (χ1n) is 18.1. The highest BCUT2D eigenvalue weighted by Gasteiger charge is 2.51. The van der Waals surface area contributed by atoms with Crippen LogP contribution < -0.4 is 0 Å². The van der Waals surface area contributed by atoms with Crippen molar-refractivity contribution < 1.29 is 0 Å². The quantitative estimate of drug-likeness (QED) is 0.166. The highest BCUT2D eigenvalue weighted by molar-refractivity contribution is 6.09. The third-order valence-electron chi connectivity index (χ3n) is 11.7. The summed E-state index contributed by atoms with van der Waals surface area (Å²) < 4.78 is 4.86. The van der Waals surface area contributed by atoms with Gasteiger partial charge in [0.05, 0.1) is 22.0 Å². The summed E-state index contributed by atoms with van der Waals surface area (Å²) in [5.41, 5.74) is 18.5. The van der Waals surface area contributed by atoms with Crippen LogP contribution in [-0.4, -0.2) is 9.13 Å². The maximum absolute atomic E-state index is 3.97. The molecule has 244 valence electrons. The van der Waals surface area contributed by atoms with Gasteiger partial charge in [-0.1, -0.05) is 134 Å². The number of nitrogens with zero attached hydrogens (tertiary/aromatic N) is 2. The van der Waals surface area contributed by atoms with Crippen LogP contribution in [0.2, 0.25) is 0 Å². The molecule has 1 spiro atoms. The first kappa shape index (κ1) is 29.1. The van der Waals surface area contributed by atoms with Crippen LogP contribution >= 0.6 is 0 Å². The molecule has 7 aromatic carbocycles. The summed E-state index contributed by atoms with van der Waals surface area (Å²) >= 11 is 0. The van der Waals surface area contributed by atoms with E-state index >= 15 is 0 Å². The van der Waals surface area contributed by atoms with E-state index in [-0.39, 0.29) is 0 Å². The van der Waals surface area contributed by atoms with E-state index in [1.165, 1.54) is 94.2 Å². The Morgan fingerprint density at radius 1 is 0.462 bits per heavy atom. The second-order valence-corrected chi connectivity index (χ2v) is 14.1. The topological polar surface area (TPSA) is 9.86 Å². The lowest BCUT2D eigenvalue weighted by atomic mass is 9.70. The summed E-state index contributed by atoms with van der Waals surface area (Å²) in [7, 11) is 0. The molecule has 0 amide bonds. The molecule has 1 unspecified atom stereocenters. The fourth-order valence-corrected chi connectivity index (χ4v) is 9.66. The Morgan fingerprint density at radius 2 is 0.962 bits per heavy atom. The van der Waals surface area contributed by atoms with Gasteiger partial charge < -0.3 is 9.13 Å². The molecule has 0 aliphatic heterocycles. The van der Waals surface area contributed by atoms with Crippen molar-refractivity contribution in [3.05, 3.63) is 210 Å². The van der Waals surface area contributed by atoms with Crippen molar-refractivity contribution in [2.45, 2.75) is 12.3 Å². The Hall–Kier alpha value is -6.64. The molecule has 2 aliphatic carbocycles. The maximum atomic E-state index is 3.97. The number of aryl methyl sites for hydroxylation is 1. The van der Waals surface area contributed by atoms with E-state index in [9.17, 15) is 0 Å². The van der Waals surface area contributed by atoms with Crippen LogP contribution in [0.15, 0.2) is 176 Å². The number of allylic oxidation sites excluding steroid dienone is 2. The minimum absolute atomic E-state index is 0.453. The molecular weight excluding hydrogens is 629 g/mol. The molecule has 1 atom stereocenters. The largest absolute Gasteiger partial charge is 0.310 e. The lowest BCUT2D eigenvalue weighted by Gasteiger charge is -2.31. The lowest BCUT2D eigenvalue weighted by Crippen LogP contribution is -2.26. The van der Waals surface area contributed by atoms with Crippen LogP contribution in [-0.2, 0) is 5.41 Å². The number of benzene rings is 7. The first-order chi connectivity index (χ1) is 25.7. The molecule has 11 rings (SSSR count). The van der Waals surface area contributed by atoms with Gasteiger partial charge in [-0.05, 0) is 106 Å². The standard InChI is InChI=1S/C50H34N2/c1-3-4-22-46-32(2)35-15-7-12-23-47(35)51(46)33-27-29-44-41(30-33)37-17-6-11-21-43(37)50(44)42-20-10-5-16-36(42)38-28-26-34(31-45(38)50)52-48-24-13-8-18-39(48)40-19-9-14-25-49(40)52/h3-31H,1H2,2H3/b22-4-. The molecule has 0 radical (unpaired) electrons. The average Bonchev–Trinajstić information content (AvgIpc) is 3.88. The molecular formula is C50H34N2. The molecule has 2 nitrogen and oxygen atoms in total. The predicted molar refractivity (Wildman–Crippen MR) is 218 cm³/mol. The molecule has 0 N–H and O–H groups in total. The van der Waals surface area contributed by atoms with Crippen molar-refractivity contribution in [3.63, 3.8) is 0 Å². The van der Waals surface area contributed by atoms with Crippen LogP contribution in [0.1, 0.15) is 33.5 Å². The van der Waals surface area contributed by atoms with Crippen LogP contribution in [0.5, 0.6) is 0 Å². The Morgan fingerprint density at radius 3 is 1.63 bits per heavy atom. The van der Waals surface area contributed by atoms with Gasteiger partial charge >= 0.3 is 0 Å². The molecule has 0 saturated heterocycles. The summed E-state index contributed by atoms with van der Waals surface area (Å²) in [5.74, 6) is 0. The van der Waals surface area contributed by atoms with Crippen LogP contribution in [0.4, 0.5) is 0 Å². The second-order valence-electron chi connectivity index (χ2n) is 14.1. The zero-order valence-corrected chi connectivity index (χ0v) is 28.8. The molecule has 0 saturated carbocycles. The van der Waals surface area contributed by atoms with E-state index in [1.807, 2.05) is 12.2 Å².